The first kappa shape index (κ1) is 13.4. The number of hydrogen-bond donors (Lipinski definition) is 0. The lowest BCUT2D eigenvalue weighted by Gasteiger charge is -2.07. The highest BCUT2D eigenvalue weighted by molar-refractivity contribution is 9.10. The number of aromatic nitrogens is 2. The largest absolute Gasteiger partial charge is 0.287 e. The van der Waals surface area contributed by atoms with Gasteiger partial charge < -0.3 is 0 Å². The predicted octanol–water partition coefficient (Wildman–Crippen LogP) is 3.80. The van der Waals surface area contributed by atoms with E-state index in [1.165, 1.54) is 16.9 Å². The maximum Gasteiger partial charge on any atom is 0.216 e. The van der Waals surface area contributed by atoms with Crippen LogP contribution in [0.4, 0.5) is 4.39 Å². The normalized spacial score (nSPS) is 10.7. The summed E-state index contributed by atoms with van der Waals surface area (Å²) in [5.41, 5.74) is 0.372. The zero-order valence-electron chi connectivity index (χ0n) is 9.45. The highest BCUT2D eigenvalue weighted by atomic mass is 79.9. The van der Waals surface area contributed by atoms with E-state index in [0.717, 1.165) is 0 Å². The number of halogens is 3. The Labute approximate surface area is 120 Å². The number of carbonyl (C=O) groups excluding carboxylic acids is 1. The number of ketones is 1. The summed E-state index contributed by atoms with van der Waals surface area (Å²) in [5, 5.41) is 4.05. The standard InChI is InChI=1S/C12H9Br2FN2O/c1-2-17-11(8(14)6-16-17)12(18)10-7(13)4-3-5-9(10)15/h3-6H,2H2,1H3. The molecule has 0 aliphatic heterocycles. The third-order valence-corrected chi connectivity index (χ3v) is 3.74. The molecule has 1 aromatic carbocycles. The average molecular weight is 376 g/mol. The molecule has 1 heterocycles. The van der Waals surface area contributed by atoms with E-state index in [1.54, 1.807) is 12.1 Å². The highest BCUT2D eigenvalue weighted by Gasteiger charge is 2.23. The van der Waals surface area contributed by atoms with Crippen LogP contribution >= 0.6 is 31.9 Å². The second-order valence-corrected chi connectivity index (χ2v) is 5.29. The van der Waals surface area contributed by atoms with Crippen molar-refractivity contribution < 1.29 is 9.18 Å². The van der Waals surface area contributed by atoms with E-state index in [-0.39, 0.29) is 5.56 Å². The van der Waals surface area contributed by atoms with Crippen molar-refractivity contribution in [3.05, 3.63) is 50.4 Å². The summed E-state index contributed by atoms with van der Waals surface area (Å²) in [6.07, 6.45) is 1.53. The zero-order valence-corrected chi connectivity index (χ0v) is 12.6. The number of nitrogens with zero attached hydrogens (tertiary/aromatic N) is 2. The smallest absolute Gasteiger partial charge is 0.216 e. The molecule has 0 spiro atoms. The van der Waals surface area contributed by atoms with Gasteiger partial charge in [-0.25, -0.2) is 4.39 Å². The van der Waals surface area contributed by atoms with E-state index in [2.05, 4.69) is 37.0 Å². The van der Waals surface area contributed by atoms with Crippen molar-refractivity contribution >= 4 is 37.6 Å². The molecule has 3 nitrogen and oxygen atoms in total. The summed E-state index contributed by atoms with van der Waals surface area (Å²) in [5.74, 6) is -0.948. The molecule has 0 unspecified atom stereocenters. The first-order valence-corrected chi connectivity index (χ1v) is 6.84. The zero-order chi connectivity index (χ0) is 13.3. The lowest BCUT2D eigenvalue weighted by molar-refractivity contribution is 0.102. The molecule has 1 aromatic heterocycles. The molecule has 0 saturated heterocycles. The van der Waals surface area contributed by atoms with Gasteiger partial charge in [0.1, 0.15) is 11.5 Å². The minimum Gasteiger partial charge on any atom is -0.287 e. The highest BCUT2D eigenvalue weighted by Crippen LogP contribution is 2.26. The minimum absolute atomic E-state index is 0.0217. The SMILES string of the molecule is CCn1ncc(Br)c1C(=O)c1c(F)cccc1Br. The van der Waals surface area contributed by atoms with Crippen LogP contribution in [0.2, 0.25) is 0 Å². The first-order valence-electron chi connectivity index (χ1n) is 5.26. The molecule has 18 heavy (non-hydrogen) atoms. The minimum atomic E-state index is -0.551. The molecule has 0 aliphatic carbocycles. The number of aryl methyl sites for hydroxylation is 1. The monoisotopic (exact) mass is 374 g/mol. The first-order chi connectivity index (χ1) is 8.56. The molecule has 6 heteroatoms. The van der Waals surface area contributed by atoms with Crippen LogP contribution < -0.4 is 0 Å². The van der Waals surface area contributed by atoms with Gasteiger partial charge in [0.15, 0.2) is 0 Å². The number of carbonyl (C=O) groups is 1. The molecule has 0 N–H and O–H groups in total. The summed E-state index contributed by atoms with van der Waals surface area (Å²) in [4.78, 5) is 12.4. The van der Waals surface area contributed by atoms with Crippen molar-refractivity contribution in [1.82, 2.24) is 9.78 Å². The fourth-order valence-corrected chi connectivity index (χ4v) is 2.66. The van der Waals surface area contributed by atoms with Crippen molar-refractivity contribution in [1.29, 1.82) is 0 Å². The van der Waals surface area contributed by atoms with Crippen molar-refractivity contribution in [2.24, 2.45) is 0 Å². The Morgan fingerprint density at radius 1 is 1.39 bits per heavy atom. The van der Waals surface area contributed by atoms with Crippen molar-refractivity contribution in [3.8, 4) is 0 Å². The second kappa shape index (κ2) is 5.32. The Bertz CT molecular complexity index is 590. The van der Waals surface area contributed by atoms with Gasteiger partial charge in [-0.3, -0.25) is 9.48 Å². The Balaban J connectivity index is 2.58. The lowest BCUT2D eigenvalue weighted by atomic mass is 10.1. The van der Waals surface area contributed by atoms with Crippen LogP contribution in [-0.4, -0.2) is 15.6 Å². The van der Waals surface area contributed by atoms with Gasteiger partial charge in [0.05, 0.1) is 16.2 Å². The Hall–Kier alpha value is -1.01. The van der Waals surface area contributed by atoms with Gasteiger partial charge in [0.2, 0.25) is 5.78 Å². The summed E-state index contributed by atoms with van der Waals surface area (Å²) in [7, 11) is 0. The average Bonchev–Trinajstić information content (AvgIpc) is 2.70. The summed E-state index contributed by atoms with van der Waals surface area (Å²) >= 11 is 6.46. The van der Waals surface area contributed by atoms with Crippen LogP contribution in [0.15, 0.2) is 33.3 Å². The molecule has 0 saturated carbocycles. The maximum atomic E-state index is 13.8. The lowest BCUT2D eigenvalue weighted by Crippen LogP contribution is -2.13. The topological polar surface area (TPSA) is 34.9 Å². The molecule has 0 aliphatic rings. The fraction of sp³-hybridized carbons (Fsp3) is 0.167. The van der Waals surface area contributed by atoms with Crippen molar-refractivity contribution in [2.75, 3.05) is 0 Å². The van der Waals surface area contributed by atoms with Crippen LogP contribution in [0.3, 0.4) is 0 Å². The number of rotatable bonds is 3. The summed E-state index contributed by atoms with van der Waals surface area (Å²) < 4.78 is 16.3. The van der Waals surface area contributed by atoms with Crippen LogP contribution in [-0.2, 0) is 6.54 Å². The Morgan fingerprint density at radius 2 is 2.11 bits per heavy atom. The van der Waals surface area contributed by atoms with E-state index in [9.17, 15) is 9.18 Å². The van der Waals surface area contributed by atoms with Crippen LogP contribution in [0.1, 0.15) is 23.0 Å². The molecule has 0 amide bonds. The molecule has 2 rings (SSSR count). The second-order valence-electron chi connectivity index (χ2n) is 3.58. The van der Waals surface area contributed by atoms with Gasteiger partial charge in [0.25, 0.3) is 0 Å². The molecule has 0 bridgehead atoms. The molecule has 0 radical (unpaired) electrons. The van der Waals surface area contributed by atoms with E-state index in [4.69, 9.17) is 0 Å². The van der Waals surface area contributed by atoms with Crippen LogP contribution in [0, 0.1) is 5.82 Å². The number of hydrogen-bond acceptors (Lipinski definition) is 2. The van der Waals surface area contributed by atoms with Gasteiger partial charge in [-0.15, -0.1) is 0 Å². The predicted molar refractivity (Wildman–Crippen MR) is 73.1 cm³/mol. The van der Waals surface area contributed by atoms with E-state index >= 15 is 0 Å². The third-order valence-electron chi connectivity index (χ3n) is 2.50. The van der Waals surface area contributed by atoms with Gasteiger partial charge in [-0.05, 0) is 50.9 Å². The third kappa shape index (κ3) is 2.27. The van der Waals surface area contributed by atoms with Crippen molar-refractivity contribution in [2.45, 2.75) is 13.5 Å². The fourth-order valence-electron chi connectivity index (χ4n) is 1.66. The van der Waals surface area contributed by atoms with Crippen LogP contribution in [0.25, 0.3) is 0 Å². The van der Waals surface area contributed by atoms with Gasteiger partial charge in [0, 0.05) is 11.0 Å². The molecular weight excluding hydrogens is 367 g/mol. The quantitative estimate of drug-likeness (QED) is 0.765. The van der Waals surface area contributed by atoms with E-state index < -0.39 is 11.6 Å². The van der Waals surface area contributed by atoms with Gasteiger partial charge in [-0.2, -0.15) is 5.10 Å². The van der Waals surface area contributed by atoms with Crippen LogP contribution in [0.5, 0.6) is 0 Å². The van der Waals surface area contributed by atoms with Gasteiger partial charge >= 0.3 is 0 Å². The summed E-state index contributed by atoms with van der Waals surface area (Å²) in [6.45, 7) is 2.41. The number of benzene rings is 1. The van der Waals surface area contributed by atoms with Crippen molar-refractivity contribution in [3.63, 3.8) is 0 Å². The molecular formula is C12H9Br2FN2O. The van der Waals surface area contributed by atoms with E-state index in [1.807, 2.05) is 6.92 Å². The summed E-state index contributed by atoms with van der Waals surface area (Å²) in [6, 6.07) is 4.44. The molecule has 2 aromatic rings. The molecule has 0 atom stereocenters. The molecule has 94 valence electrons. The molecule has 0 fully saturated rings. The Morgan fingerprint density at radius 3 is 2.72 bits per heavy atom. The van der Waals surface area contributed by atoms with E-state index in [0.29, 0.717) is 21.2 Å². The Kier molecular flexibility index (Phi) is 3.97. The maximum absolute atomic E-state index is 13.8. The van der Waals surface area contributed by atoms with Gasteiger partial charge in [-0.1, -0.05) is 6.07 Å².